The van der Waals surface area contributed by atoms with Gasteiger partial charge in [-0.3, -0.25) is 0 Å². The highest BCUT2D eigenvalue weighted by molar-refractivity contribution is 8.33. The average molecular weight is 585 g/mol. The molecule has 0 saturated heterocycles. The molecule has 6 nitrogen and oxygen atoms in total. The smallest absolute Gasteiger partial charge is 0.421 e. The summed E-state index contributed by atoms with van der Waals surface area (Å²) < 4.78 is 123. The number of hydrogen-bond acceptors (Lipinski definition) is 6. The van der Waals surface area contributed by atoms with Gasteiger partial charge in [0.05, 0.1) is 6.61 Å². The predicted molar refractivity (Wildman–Crippen MR) is 126 cm³/mol. The van der Waals surface area contributed by atoms with E-state index in [4.69, 9.17) is 13.1 Å². The molecule has 0 aliphatic rings. The Morgan fingerprint density at radius 2 is 1.29 bits per heavy atom. The number of ether oxygens (including phenoxy) is 2. The topological polar surface area (TPSA) is 82.1 Å². The Kier molecular flexibility index (Phi) is 9.04. The molecule has 3 aromatic carbocycles. The molecule has 2 unspecified atom stereocenters. The number of halogens is 6. The molecule has 0 heterocycles. The van der Waals surface area contributed by atoms with E-state index in [9.17, 15) is 39.9 Å². The van der Waals surface area contributed by atoms with Crippen LogP contribution in [0.4, 0.5) is 26.3 Å². The Morgan fingerprint density at radius 3 is 1.79 bits per heavy atom. The van der Waals surface area contributed by atoms with E-state index in [2.05, 4.69) is 0 Å². The van der Waals surface area contributed by atoms with Crippen LogP contribution in [0, 0.1) is 5.82 Å². The van der Waals surface area contributed by atoms with Crippen molar-refractivity contribution in [1.82, 2.24) is 0 Å². The normalized spacial score (nSPS) is 15.9. The zero-order valence-corrected chi connectivity index (χ0v) is 21.2. The van der Waals surface area contributed by atoms with Crippen molar-refractivity contribution >= 4 is 20.4 Å². The first-order chi connectivity index (χ1) is 17.8. The molecule has 0 radical (unpaired) electrons. The lowest BCUT2D eigenvalue weighted by Crippen LogP contribution is -2.50. The fourth-order valence-corrected chi connectivity index (χ4v) is 8.43. The summed E-state index contributed by atoms with van der Waals surface area (Å²) in [6.07, 6.45) is -10.6. The second kappa shape index (κ2) is 11.5. The Hall–Kier alpha value is -2.78. The molecule has 0 amide bonds. The minimum atomic E-state index is -6.49. The maximum atomic E-state index is 14.7. The molecule has 14 heteroatoms. The Labute approximate surface area is 216 Å². The lowest BCUT2D eigenvalue weighted by atomic mass is 10.3. The van der Waals surface area contributed by atoms with Crippen molar-refractivity contribution in [1.29, 1.82) is 0 Å². The number of methoxy groups -OCH3 is 1. The van der Waals surface area contributed by atoms with Crippen molar-refractivity contribution in [2.24, 2.45) is 0 Å². The first kappa shape index (κ1) is 29.8. The van der Waals surface area contributed by atoms with Crippen LogP contribution in [-0.2, 0) is 18.5 Å². The van der Waals surface area contributed by atoms with Gasteiger partial charge in [-0.15, -0.1) is 0 Å². The van der Waals surface area contributed by atoms with E-state index < -0.39 is 43.8 Å². The monoisotopic (exact) mass is 584 g/mol. The first-order valence-corrected chi connectivity index (χ1v) is 13.7. The summed E-state index contributed by atoms with van der Waals surface area (Å²) in [5.41, 5.74) is 0. The molecule has 1 N–H and O–H groups in total. The molecule has 0 saturated carbocycles. The summed E-state index contributed by atoms with van der Waals surface area (Å²) in [6.45, 7) is 0.394. The van der Waals surface area contributed by atoms with Gasteiger partial charge in [0.2, 0.25) is 6.10 Å². The summed E-state index contributed by atoms with van der Waals surface area (Å²) in [6, 6.07) is 16.4. The van der Waals surface area contributed by atoms with Crippen molar-refractivity contribution in [3.63, 3.8) is 0 Å². The van der Waals surface area contributed by atoms with Gasteiger partial charge in [-0.1, -0.05) is 18.2 Å². The van der Waals surface area contributed by atoms with E-state index in [1.54, 1.807) is 0 Å². The Morgan fingerprint density at radius 1 is 0.789 bits per heavy atom. The van der Waals surface area contributed by atoms with Crippen LogP contribution >= 0.6 is 10.3 Å². The van der Waals surface area contributed by atoms with Crippen LogP contribution in [0.25, 0.3) is 0 Å². The molecule has 0 aromatic heterocycles. The third kappa shape index (κ3) is 6.10. The largest absolute Gasteiger partial charge is 0.491 e. The van der Waals surface area contributed by atoms with E-state index in [0.29, 0.717) is 0 Å². The van der Waals surface area contributed by atoms with Gasteiger partial charge in [-0.25, -0.2) is 8.02 Å². The maximum absolute atomic E-state index is 14.7. The summed E-state index contributed by atoms with van der Waals surface area (Å²) in [4.78, 5) is -0.185. The average Bonchev–Trinajstić information content (AvgIpc) is 2.88. The van der Waals surface area contributed by atoms with Crippen molar-refractivity contribution in [2.45, 2.75) is 32.2 Å². The van der Waals surface area contributed by atoms with Crippen LogP contribution in [0.1, 0.15) is 0 Å². The van der Waals surface area contributed by atoms with Crippen molar-refractivity contribution in [3.05, 3.63) is 84.7 Å². The molecule has 0 aliphatic carbocycles. The number of hydrogen-bond donors (Lipinski definition) is 1. The van der Waals surface area contributed by atoms with Gasteiger partial charge < -0.3 is 14.6 Å². The van der Waals surface area contributed by atoms with E-state index >= 15 is 0 Å². The van der Waals surface area contributed by atoms with Gasteiger partial charge >= 0.3 is 21.5 Å². The maximum Gasteiger partial charge on any atom is 0.421 e. The minimum Gasteiger partial charge on any atom is -0.491 e. The molecule has 0 aliphatic heterocycles. The molecule has 0 fully saturated rings. The highest BCUT2D eigenvalue weighted by Crippen LogP contribution is 2.70. The molecule has 208 valence electrons. The van der Waals surface area contributed by atoms with Crippen LogP contribution in [0.15, 0.2) is 93.5 Å². The van der Waals surface area contributed by atoms with Crippen LogP contribution in [0.2, 0.25) is 0 Å². The molecule has 0 spiro atoms. The molecular formula is C24H22F6O6S2. The molecule has 2 atom stereocenters. The van der Waals surface area contributed by atoms with E-state index in [-0.39, 0.29) is 33.6 Å². The fraction of sp³-hybridized carbons (Fsp3) is 0.250. The van der Waals surface area contributed by atoms with Crippen LogP contribution < -0.4 is 4.74 Å². The summed E-state index contributed by atoms with van der Waals surface area (Å²) in [7, 11) is -8.84. The lowest BCUT2D eigenvalue weighted by Gasteiger charge is -2.40. The lowest BCUT2D eigenvalue weighted by molar-refractivity contribution is -0.248. The third-order valence-electron chi connectivity index (χ3n) is 5.09. The van der Waals surface area contributed by atoms with E-state index in [1.165, 1.54) is 61.7 Å². The van der Waals surface area contributed by atoms with Crippen molar-refractivity contribution in [3.8, 4) is 5.75 Å². The van der Waals surface area contributed by atoms with E-state index in [0.717, 1.165) is 24.3 Å². The SMILES string of the molecule is COCCOc1ccc(S(OS(=O)(=O)C(F)(F)C(O)C(F)(F)F)(c2ccccc2)c2ccc(F)cc2)cc1. The zero-order valence-electron chi connectivity index (χ0n) is 19.6. The third-order valence-corrected chi connectivity index (χ3v) is 10.3. The van der Waals surface area contributed by atoms with E-state index in [1.807, 2.05) is 0 Å². The number of aliphatic hydroxyl groups excluding tert-OH is 1. The highest BCUT2D eigenvalue weighted by Gasteiger charge is 2.65. The quantitative estimate of drug-likeness (QED) is 0.223. The number of aliphatic hydroxyl groups is 1. The molecule has 38 heavy (non-hydrogen) atoms. The molecule has 3 rings (SSSR count). The van der Waals surface area contributed by atoms with Gasteiger partial charge in [-0.2, -0.15) is 30.4 Å². The molecular weight excluding hydrogens is 562 g/mol. The number of alkyl halides is 5. The standard InChI is InChI=1S/C24H22F6O6S2/c1-34-15-16-35-18-9-13-21(14-10-18)37(19-5-3-2-4-6-19,20-11-7-17(25)8-12-20)36-38(32,33)24(29,30)22(31)23(26,27)28/h2-14,22,31H,15-16H2,1H3. The first-order valence-electron chi connectivity index (χ1n) is 10.7. The van der Waals surface area contributed by atoms with Gasteiger partial charge in [0.1, 0.15) is 18.2 Å². The van der Waals surface area contributed by atoms with Crippen LogP contribution in [-0.4, -0.2) is 51.4 Å². The number of benzene rings is 3. The zero-order chi connectivity index (χ0) is 28.2. The Bertz CT molecular complexity index is 1300. The molecule has 3 aromatic rings. The van der Waals surface area contributed by atoms with Gasteiger partial charge in [-0.05, 0) is 71.0 Å². The van der Waals surface area contributed by atoms with Crippen LogP contribution in [0.5, 0.6) is 5.75 Å². The fourth-order valence-electron chi connectivity index (χ4n) is 3.24. The molecule has 0 bridgehead atoms. The second-order valence-corrected chi connectivity index (χ2v) is 12.2. The van der Waals surface area contributed by atoms with Crippen LogP contribution in [0.3, 0.4) is 0 Å². The van der Waals surface area contributed by atoms with Crippen molar-refractivity contribution in [2.75, 3.05) is 20.3 Å². The second-order valence-electron chi connectivity index (χ2n) is 7.66. The van der Waals surface area contributed by atoms with Gasteiger partial charge in [0, 0.05) is 21.8 Å². The minimum absolute atomic E-state index is 0.0134. The van der Waals surface area contributed by atoms with Gasteiger partial charge in [0.25, 0.3) is 0 Å². The summed E-state index contributed by atoms with van der Waals surface area (Å²) in [5, 5.41) is 3.44. The van der Waals surface area contributed by atoms with Crippen molar-refractivity contribution < 1.29 is 53.0 Å². The van der Waals surface area contributed by atoms with Gasteiger partial charge in [0.15, 0.2) is 0 Å². The Balaban J connectivity index is 2.27. The summed E-state index contributed by atoms with van der Waals surface area (Å²) in [5.74, 6) is -0.468. The number of rotatable bonds is 11. The highest BCUT2D eigenvalue weighted by atomic mass is 32.3. The predicted octanol–water partition coefficient (Wildman–Crippen LogP) is 5.91. The summed E-state index contributed by atoms with van der Waals surface area (Å²) >= 11 is 0.